The minimum atomic E-state index is -4.88. The number of benzene rings is 2. The van der Waals surface area contributed by atoms with Crippen LogP contribution in [0.1, 0.15) is 26.4 Å². The number of hydrogen-bond acceptors (Lipinski definition) is 7. The van der Waals surface area contributed by atoms with Gasteiger partial charge in [0.1, 0.15) is 17.2 Å². The van der Waals surface area contributed by atoms with Crippen LogP contribution in [-0.4, -0.2) is 43.5 Å². The first-order valence-corrected chi connectivity index (χ1v) is 10.7. The first-order chi connectivity index (χ1) is 17.6. The number of nitrogens with two attached hydrogens (primary N) is 1. The van der Waals surface area contributed by atoms with Crippen molar-refractivity contribution in [2.24, 2.45) is 5.73 Å². The summed E-state index contributed by atoms with van der Waals surface area (Å²) in [4.78, 5) is 28.4. The van der Waals surface area contributed by atoms with Gasteiger partial charge in [0, 0.05) is 18.0 Å². The maximum Gasteiger partial charge on any atom is 0.573 e. The number of halogens is 3. The number of carbonyl (C=O) groups is 2. The van der Waals surface area contributed by atoms with Gasteiger partial charge in [-0.25, -0.2) is 0 Å². The van der Waals surface area contributed by atoms with E-state index in [1.54, 1.807) is 12.1 Å². The number of pyridine rings is 1. The summed E-state index contributed by atoms with van der Waals surface area (Å²) in [6, 6.07) is 10.9. The van der Waals surface area contributed by atoms with Crippen LogP contribution < -0.4 is 25.3 Å². The quantitative estimate of drug-likeness (QED) is 0.452. The largest absolute Gasteiger partial charge is 0.573 e. The zero-order chi connectivity index (χ0) is 26.6. The molecule has 2 amide bonds. The number of hydrogen-bond donors (Lipinski definition) is 2. The van der Waals surface area contributed by atoms with E-state index < -0.39 is 23.9 Å². The van der Waals surface area contributed by atoms with Crippen LogP contribution in [0, 0.1) is 0 Å². The second kappa shape index (κ2) is 10.6. The fraction of sp³-hybridized carbons (Fsp3) is 0.160. The Morgan fingerprint density at radius 2 is 1.86 bits per heavy atom. The number of primary amides is 1. The molecule has 0 fully saturated rings. The third-order valence-corrected chi connectivity index (χ3v) is 5.16. The maximum absolute atomic E-state index is 13.2. The zero-order valence-electron chi connectivity index (χ0n) is 19.3. The van der Waals surface area contributed by atoms with Crippen LogP contribution in [0.5, 0.6) is 23.0 Å². The smallest absolute Gasteiger partial charge is 0.493 e. The number of ether oxygens (including phenoxy) is 4. The number of nitrogens with one attached hydrogen (secondary N) is 1. The van der Waals surface area contributed by atoms with E-state index in [0.29, 0.717) is 13.2 Å². The molecule has 0 saturated heterocycles. The Kier molecular flexibility index (Phi) is 7.30. The molecule has 192 valence electrons. The average Bonchev–Trinajstić information content (AvgIpc) is 3.39. The van der Waals surface area contributed by atoms with Crippen LogP contribution >= 0.6 is 0 Å². The van der Waals surface area contributed by atoms with Gasteiger partial charge in [-0.2, -0.15) is 0 Å². The van der Waals surface area contributed by atoms with Crippen molar-refractivity contribution < 1.29 is 41.7 Å². The first-order valence-electron chi connectivity index (χ1n) is 10.7. The predicted molar refractivity (Wildman–Crippen MR) is 126 cm³/mol. The van der Waals surface area contributed by atoms with E-state index in [4.69, 9.17) is 19.9 Å². The highest BCUT2D eigenvalue weighted by Gasteiger charge is 2.31. The van der Waals surface area contributed by atoms with E-state index in [9.17, 15) is 22.8 Å². The zero-order valence-corrected chi connectivity index (χ0v) is 19.3. The third-order valence-electron chi connectivity index (χ3n) is 5.16. The molecule has 12 heteroatoms. The van der Waals surface area contributed by atoms with Gasteiger partial charge in [0.15, 0.2) is 11.5 Å². The lowest BCUT2D eigenvalue weighted by Crippen LogP contribution is -2.17. The molecule has 0 bridgehead atoms. The second-order valence-electron chi connectivity index (χ2n) is 7.67. The van der Waals surface area contributed by atoms with Crippen LogP contribution in [-0.2, 0) is 4.74 Å². The number of methoxy groups -OCH3 is 1. The molecule has 1 aliphatic heterocycles. The van der Waals surface area contributed by atoms with Crippen LogP contribution in [0.2, 0.25) is 0 Å². The van der Waals surface area contributed by atoms with Crippen molar-refractivity contribution in [3.63, 3.8) is 0 Å². The molecular formula is C25H20F3N3O6. The van der Waals surface area contributed by atoms with Crippen molar-refractivity contribution in [3.05, 3.63) is 77.6 Å². The topological polar surface area (TPSA) is 122 Å². The lowest BCUT2D eigenvalue weighted by molar-refractivity contribution is -0.274. The summed E-state index contributed by atoms with van der Waals surface area (Å²) in [7, 11) is 1.25. The number of aromatic nitrogens is 1. The van der Waals surface area contributed by atoms with Crippen LogP contribution in [0.15, 0.2) is 60.8 Å². The van der Waals surface area contributed by atoms with Gasteiger partial charge >= 0.3 is 6.36 Å². The van der Waals surface area contributed by atoms with Gasteiger partial charge in [-0.1, -0.05) is 12.1 Å². The van der Waals surface area contributed by atoms with E-state index in [-0.39, 0.29) is 34.2 Å². The third kappa shape index (κ3) is 6.35. The van der Waals surface area contributed by atoms with Gasteiger partial charge in [0.25, 0.3) is 11.8 Å². The monoisotopic (exact) mass is 515 g/mol. The van der Waals surface area contributed by atoms with Crippen molar-refractivity contribution in [1.29, 1.82) is 0 Å². The summed E-state index contributed by atoms with van der Waals surface area (Å²) in [6.07, 6.45) is -1.69. The van der Waals surface area contributed by atoms with Gasteiger partial charge in [0.2, 0.25) is 0 Å². The Hall–Kier alpha value is -4.58. The van der Waals surface area contributed by atoms with E-state index >= 15 is 0 Å². The molecular weight excluding hydrogens is 495 g/mol. The number of alkyl halides is 3. The normalized spacial score (nSPS) is 13.0. The van der Waals surface area contributed by atoms with Crippen LogP contribution in [0.4, 0.5) is 18.9 Å². The maximum atomic E-state index is 13.2. The Morgan fingerprint density at radius 1 is 1.05 bits per heavy atom. The highest BCUT2D eigenvalue weighted by atomic mass is 19.4. The van der Waals surface area contributed by atoms with E-state index in [1.807, 2.05) is 6.08 Å². The lowest BCUT2D eigenvalue weighted by Gasteiger charge is -2.16. The Morgan fingerprint density at radius 3 is 2.54 bits per heavy atom. The molecule has 0 aliphatic carbocycles. The fourth-order valence-electron chi connectivity index (χ4n) is 3.47. The van der Waals surface area contributed by atoms with Gasteiger partial charge in [-0.15, -0.1) is 13.2 Å². The molecule has 0 spiro atoms. The molecule has 37 heavy (non-hydrogen) atoms. The standard InChI is InChI=1S/C25H20F3N3O6/c1-34-22-12-17(37-25(26,27)28)3-5-20(22)36-21-10-14(15-7-9-35-13-15)2-4-18(21)24(33)31-16-6-8-30-19(11-16)23(29)32/h2-8,10-12H,9,13H2,1H3,(H2,29,32)(H,30,31,33). The fourth-order valence-corrected chi connectivity index (χ4v) is 3.47. The summed E-state index contributed by atoms with van der Waals surface area (Å²) >= 11 is 0. The van der Waals surface area contributed by atoms with Crippen molar-refractivity contribution >= 4 is 23.1 Å². The molecule has 0 saturated carbocycles. The Balaban J connectivity index is 1.68. The molecule has 2 heterocycles. The van der Waals surface area contributed by atoms with Crippen molar-refractivity contribution in [1.82, 2.24) is 4.98 Å². The van der Waals surface area contributed by atoms with E-state index in [1.165, 1.54) is 37.6 Å². The summed E-state index contributed by atoms with van der Waals surface area (Å²) in [6.45, 7) is 0.803. The summed E-state index contributed by atoms with van der Waals surface area (Å²) in [5.74, 6) is -1.77. The van der Waals surface area contributed by atoms with Crippen LogP contribution in [0.25, 0.3) is 5.57 Å². The Bertz CT molecular complexity index is 1370. The molecule has 0 radical (unpaired) electrons. The molecule has 1 aliphatic rings. The number of nitrogens with zero attached hydrogens (tertiary/aromatic N) is 1. The first kappa shape index (κ1) is 25.5. The van der Waals surface area contributed by atoms with Crippen molar-refractivity contribution in [3.8, 4) is 23.0 Å². The molecule has 9 nitrogen and oxygen atoms in total. The predicted octanol–water partition coefficient (Wildman–Crippen LogP) is 4.55. The molecule has 4 rings (SSSR count). The average molecular weight is 515 g/mol. The second-order valence-corrected chi connectivity index (χ2v) is 7.67. The molecule has 1 aromatic heterocycles. The highest BCUT2D eigenvalue weighted by molar-refractivity contribution is 6.07. The van der Waals surface area contributed by atoms with Crippen LogP contribution in [0.3, 0.4) is 0 Å². The lowest BCUT2D eigenvalue weighted by atomic mass is 10.0. The van der Waals surface area contributed by atoms with Gasteiger partial charge in [0.05, 0.1) is 25.9 Å². The minimum absolute atomic E-state index is 0.0382. The summed E-state index contributed by atoms with van der Waals surface area (Å²) in [5, 5.41) is 2.65. The minimum Gasteiger partial charge on any atom is -0.493 e. The van der Waals surface area contributed by atoms with E-state index in [2.05, 4.69) is 15.0 Å². The summed E-state index contributed by atoms with van der Waals surface area (Å²) in [5.41, 5.74) is 7.17. The van der Waals surface area contributed by atoms with Gasteiger partial charge in [-0.05, 0) is 47.5 Å². The molecule has 3 N–H and O–H groups in total. The van der Waals surface area contributed by atoms with Gasteiger partial charge in [-0.3, -0.25) is 14.6 Å². The SMILES string of the molecule is COc1cc(OC(F)(F)F)ccc1Oc1cc(C2=CCOC2)ccc1C(=O)Nc1ccnc(C(N)=O)c1. The Labute approximate surface area is 208 Å². The molecule has 2 aromatic carbocycles. The molecule has 0 unspecified atom stereocenters. The van der Waals surface area contributed by atoms with Crippen molar-refractivity contribution in [2.45, 2.75) is 6.36 Å². The molecule has 3 aromatic rings. The van der Waals surface area contributed by atoms with E-state index in [0.717, 1.165) is 23.3 Å². The van der Waals surface area contributed by atoms with Gasteiger partial charge < -0.3 is 30.0 Å². The number of rotatable bonds is 8. The number of amides is 2. The number of carbonyl (C=O) groups excluding carboxylic acids is 2. The summed E-state index contributed by atoms with van der Waals surface area (Å²) < 4.78 is 58.3. The highest BCUT2D eigenvalue weighted by Crippen LogP contribution is 2.38. The number of anilines is 1. The van der Waals surface area contributed by atoms with Crippen molar-refractivity contribution in [2.75, 3.05) is 25.6 Å². The molecule has 0 atom stereocenters.